The van der Waals surface area contributed by atoms with Crippen molar-refractivity contribution in [2.24, 2.45) is 5.28 Å². The Kier molecular flexibility index (Phi) is 11.5. The molecule has 0 aliphatic carbocycles. The minimum absolute atomic E-state index is 0.0909. The van der Waals surface area contributed by atoms with Crippen LogP contribution in [0.1, 0.15) is 34.1 Å². The zero-order valence-corrected chi connectivity index (χ0v) is 29.3. The Morgan fingerprint density at radius 3 is 2.17 bits per heavy atom. The number of likely N-dealkylation sites (N-methyl/N-ethyl adjacent to an activating group) is 1. The van der Waals surface area contributed by atoms with Crippen molar-refractivity contribution < 1.29 is 45.7 Å². The summed E-state index contributed by atoms with van der Waals surface area (Å²) < 4.78 is 75.9. The van der Waals surface area contributed by atoms with Gasteiger partial charge in [-0.1, -0.05) is 78.4 Å². The molecule has 4 aromatic carbocycles. The number of esters is 1. The molecule has 1 aromatic heterocycles. The van der Waals surface area contributed by atoms with Crippen LogP contribution in [0, 0.1) is 12.1 Å². The van der Waals surface area contributed by atoms with Crippen molar-refractivity contribution in [2.45, 2.75) is 43.7 Å². The molecule has 1 amide bonds. The smallest absolute Gasteiger partial charge is 0.435 e. The van der Waals surface area contributed by atoms with E-state index in [1.807, 2.05) is 11.6 Å². The minimum atomic E-state index is -4.74. The molecule has 0 fully saturated rings. The van der Waals surface area contributed by atoms with Crippen LogP contribution in [0.4, 0.5) is 13.2 Å². The predicted octanol–water partition coefficient (Wildman–Crippen LogP) is 6.23. The number of nitrogens with one attached hydrogen (secondary N) is 1. The van der Waals surface area contributed by atoms with E-state index in [0.29, 0.717) is 11.1 Å². The first-order valence-corrected chi connectivity index (χ1v) is 17.4. The van der Waals surface area contributed by atoms with Crippen LogP contribution in [0.5, 0.6) is 0 Å². The Balaban J connectivity index is 1.35. The second kappa shape index (κ2) is 16.0. The number of alkyl halides is 3. The number of benzene rings is 4. The molecule has 5 rings (SSSR count). The van der Waals surface area contributed by atoms with Crippen LogP contribution in [0.2, 0.25) is 0 Å². The standard InChI is InChI=1S/C36H33F3N6O7S/c1-24-14-16-27(17-15-24)31-23-33(36(37,38)39)40-44(31)29-18-20-30(21-19-29)53(49,50)41-34(46)32(22-26-10-6-4-7-11-26)43(3)45(48)42-52-25(2)51-35(47)28-12-8-5-9-13-28/h4-21,23,25,32H,22H2,1-3H3,(H,41,46)/t25?,32-/m0/s1. The maximum absolute atomic E-state index is 13.7. The van der Waals surface area contributed by atoms with E-state index in [2.05, 4.69) is 10.4 Å². The van der Waals surface area contributed by atoms with E-state index in [1.165, 1.54) is 38.2 Å². The van der Waals surface area contributed by atoms with Crippen molar-refractivity contribution in [3.8, 4) is 16.9 Å². The van der Waals surface area contributed by atoms with Crippen molar-refractivity contribution in [3.63, 3.8) is 0 Å². The Hall–Kier alpha value is -6.23. The lowest BCUT2D eigenvalue weighted by molar-refractivity contribution is -0.712. The van der Waals surface area contributed by atoms with Crippen LogP contribution in [-0.2, 0) is 37.0 Å². The highest BCUT2D eigenvalue weighted by molar-refractivity contribution is 7.90. The van der Waals surface area contributed by atoms with Gasteiger partial charge in [0.1, 0.15) is 0 Å². The van der Waals surface area contributed by atoms with E-state index in [-0.39, 0.29) is 28.3 Å². The van der Waals surface area contributed by atoms with Crippen molar-refractivity contribution >= 4 is 21.9 Å². The molecule has 0 aliphatic rings. The number of hydrogen-bond acceptors (Lipinski definition) is 9. The summed E-state index contributed by atoms with van der Waals surface area (Å²) in [6.45, 7) is 3.15. The third-order valence-corrected chi connectivity index (χ3v) is 9.18. The van der Waals surface area contributed by atoms with Gasteiger partial charge in [0.15, 0.2) is 11.7 Å². The van der Waals surface area contributed by atoms with Crippen LogP contribution in [0.15, 0.2) is 125 Å². The molecule has 1 heterocycles. The molecule has 53 heavy (non-hydrogen) atoms. The molecule has 1 N–H and O–H groups in total. The number of halogens is 3. The Morgan fingerprint density at radius 1 is 0.962 bits per heavy atom. The number of sulfonamides is 1. The van der Waals surface area contributed by atoms with Crippen LogP contribution < -0.4 is 4.72 Å². The van der Waals surface area contributed by atoms with E-state index < -0.39 is 51.0 Å². The zero-order valence-electron chi connectivity index (χ0n) is 28.5. The van der Waals surface area contributed by atoms with E-state index in [1.54, 1.807) is 72.8 Å². The van der Waals surface area contributed by atoms with Crippen LogP contribution in [-0.4, -0.2) is 59.4 Å². The number of rotatable bonds is 13. The molecule has 0 saturated heterocycles. The molecular weight excluding hydrogens is 717 g/mol. The topological polar surface area (TPSA) is 158 Å². The van der Waals surface area contributed by atoms with Gasteiger partial charge in [0.25, 0.3) is 22.2 Å². The monoisotopic (exact) mass is 750 g/mol. The summed E-state index contributed by atoms with van der Waals surface area (Å²) in [4.78, 5) is 30.4. The molecule has 0 bridgehead atoms. The summed E-state index contributed by atoms with van der Waals surface area (Å²) in [5, 5.41) is 20.9. The lowest BCUT2D eigenvalue weighted by atomic mass is 10.1. The average Bonchev–Trinajstić information content (AvgIpc) is 3.60. The second-order valence-corrected chi connectivity index (χ2v) is 13.4. The lowest BCUT2D eigenvalue weighted by Gasteiger charge is -2.23. The van der Waals surface area contributed by atoms with Gasteiger partial charge in [-0.3, -0.25) is 9.63 Å². The molecule has 2 atom stereocenters. The first-order valence-electron chi connectivity index (χ1n) is 15.9. The number of carbonyl (C=O) groups is 2. The number of amides is 1. The third-order valence-electron chi connectivity index (χ3n) is 7.82. The number of aromatic nitrogens is 2. The lowest BCUT2D eigenvalue weighted by Crippen LogP contribution is -2.50. The van der Waals surface area contributed by atoms with Crippen LogP contribution in [0.3, 0.4) is 0 Å². The number of hydrogen-bond donors (Lipinski definition) is 1. The average molecular weight is 751 g/mol. The fourth-order valence-electron chi connectivity index (χ4n) is 5.00. The maximum Gasteiger partial charge on any atom is 0.435 e. The minimum Gasteiger partial charge on any atom is -0.569 e. The summed E-state index contributed by atoms with van der Waals surface area (Å²) in [6.07, 6.45) is -6.20. The molecule has 0 saturated carbocycles. The Morgan fingerprint density at radius 2 is 1.57 bits per heavy atom. The summed E-state index contributed by atoms with van der Waals surface area (Å²) in [6, 6.07) is 27.4. The van der Waals surface area contributed by atoms with Gasteiger partial charge in [-0.05, 0) is 55.0 Å². The first kappa shape index (κ1) is 38.0. The molecule has 0 radical (unpaired) electrons. The largest absolute Gasteiger partial charge is 0.569 e. The Bertz CT molecular complexity index is 2180. The van der Waals surface area contributed by atoms with Crippen molar-refractivity contribution in [3.05, 3.63) is 143 Å². The number of nitrogens with zero attached hydrogens (tertiary/aromatic N) is 5. The van der Waals surface area contributed by atoms with Gasteiger partial charge in [0.2, 0.25) is 5.28 Å². The molecule has 5 aromatic rings. The van der Waals surface area contributed by atoms with Gasteiger partial charge in [0, 0.05) is 18.9 Å². The molecule has 0 aliphatic heterocycles. The zero-order chi connectivity index (χ0) is 38.3. The molecule has 0 spiro atoms. The number of aryl methyl sites for hydroxylation is 1. The molecule has 1 unspecified atom stereocenters. The summed E-state index contributed by atoms with van der Waals surface area (Å²) in [5.41, 5.74) is 1.25. The highest BCUT2D eigenvalue weighted by Crippen LogP contribution is 2.33. The molecule has 17 heteroatoms. The van der Waals surface area contributed by atoms with Crippen molar-refractivity contribution in [1.29, 1.82) is 0 Å². The van der Waals surface area contributed by atoms with Crippen LogP contribution in [0.25, 0.3) is 16.9 Å². The van der Waals surface area contributed by atoms with Gasteiger partial charge in [-0.2, -0.15) is 18.3 Å². The van der Waals surface area contributed by atoms with Crippen molar-refractivity contribution in [2.75, 3.05) is 7.05 Å². The first-order chi connectivity index (χ1) is 25.1. The highest BCUT2D eigenvalue weighted by Gasteiger charge is 2.36. The summed E-state index contributed by atoms with van der Waals surface area (Å²) in [7, 11) is -3.40. The van der Waals surface area contributed by atoms with Gasteiger partial charge in [-0.25, -0.2) is 22.6 Å². The molecule has 13 nitrogen and oxygen atoms in total. The van der Waals surface area contributed by atoms with Gasteiger partial charge in [-0.15, -0.1) is 5.01 Å². The van der Waals surface area contributed by atoms with Gasteiger partial charge in [0.05, 0.1) is 33.9 Å². The molecule has 276 valence electrons. The summed E-state index contributed by atoms with van der Waals surface area (Å²) in [5.74, 6) is -1.84. The number of ether oxygens (including phenoxy) is 1. The van der Waals surface area contributed by atoms with Crippen LogP contribution >= 0.6 is 0 Å². The van der Waals surface area contributed by atoms with E-state index >= 15 is 0 Å². The summed E-state index contributed by atoms with van der Waals surface area (Å²) >= 11 is 0. The van der Waals surface area contributed by atoms with E-state index in [4.69, 9.17) is 9.57 Å². The number of hydrazine groups is 1. The SMILES string of the molecule is Cc1ccc(-c2cc(C(F)(F)F)nn2-c2ccc(S(=O)(=O)NC(=O)[C@H](Cc3ccccc3)N(C)[N+]([O-])=NOC(C)OC(=O)c3ccccc3)cc2)cc1. The van der Waals surface area contributed by atoms with E-state index in [9.17, 15) is 36.4 Å². The van der Waals surface area contributed by atoms with Gasteiger partial charge >= 0.3 is 12.1 Å². The normalized spacial score (nSPS) is 13.1. The fourth-order valence-corrected chi connectivity index (χ4v) is 6.02. The Labute approximate surface area is 302 Å². The maximum atomic E-state index is 13.7. The predicted molar refractivity (Wildman–Crippen MR) is 184 cm³/mol. The van der Waals surface area contributed by atoms with Crippen molar-refractivity contribution in [1.82, 2.24) is 19.5 Å². The van der Waals surface area contributed by atoms with Gasteiger partial charge < -0.3 is 9.94 Å². The highest BCUT2D eigenvalue weighted by atomic mass is 32.2. The number of carbonyl (C=O) groups excluding carboxylic acids is 2. The quantitative estimate of drug-likeness (QED) is 0.0485. The molecular formula is C36H33F3N6O7S. The second-order valence-electron chi connectivity index (χ2n) is 11.7. The van der Waals surface area contributed by atoms with E-state index in [0.717, 1.165) is 33.5 Å². The fraction of sp³-hybridized carbons (Fsp3) is 0.194. The third kappa shape index (κ3) is 9.56.